The monoisotopic (exact) mass is 372 g/mol. The van der Waals surface area contributed by atoms with E-state index in [4.69, 9.17) is 4.74 Å². The Morgan fingerprint density at radius 1 is 1.42 bits per heavy atom. The molecular weight excluding hydrogens is 359 g/mol. The van der Waals surface area contributed by atoms with E-state index < -0.39 is 0 Å². The van der Waals surface area contributed by atoms with Crippen molar-refractivity contribution in [2.75, 3.05) is 11.5 Å². The highest BCUT2D eigenvalue weighted by Gasteiger charge is 2.15. The molecule has 1 aromatic heterocycles. The maximum atomic E-state index is 11.5. The second-order valence-corrected chi connectivity index (χ2v) is 4.73. The molecule has 2 rings (SSSR count). The number of aromatic hydroxyl groups is 1. The fraction of sp³-hybridized carbons (Fsp3) is 0.231. The van der Waals surface area contributed by atoms with E-state index in [0.717, 1.165) is 11.3 Å². The highest BCUT2D eigenvalue weighted by molar-refractivity contribution is 14.1. The summed E-state index contributed by atoms with van der Waals surface area (Å²) in [5.74, 6) is 0.537. The Labute approximate surface area is 124 Å². The van der Waals surface area contributed by atoms with Crippen LogP contribution in [0.1, 0.15) is 16.1 Å². The molecule has 0 amide bonds. The number of rotatable bonds is 5. The van der Waals surface area contributed by atoms with E-state index in [-0.39, 0.29) is 17.2 Å². The standard InChI is InChI=1S/C13H13IN2O3/c1-19-10-4-2-9(3-5-10)7-16-8-12(18)13(15-16)11(17)6-14/h2-5,8,18H,6-7H2,1H3. The van der Waals surface area contributed by atoms with Crippen molar-refractivity contribution in [3.8, 4) is 11.5 Å². The summed E-state index contributed by atoms with van der Waals surface area (Å²) in [6.07, 6.45) is 1.46. The van der Waals surface area contributed by atoms with Gasteiger partial charge in [0.15, 0.2) is 17.2 Å². The van der Waals surface area contributed by atoms with Crippen molar-refractivity contribution in [1.82, 2.24) is 9.78 Å². The summed E-state index contributed by atoms with van der Waals surface area (Å²) in [7, 11) is 1.61. The number of nitrogens with zero attached hydrogens (tertiary/aromatic N) is 2. The lowest BCUT2D eigenvalue weighted by molar-refractivity contribution is 0.101. The average molecular weight is 372 g/mol. The van der Waals surface area contributed by atoms with Crippen LogP contribution in [0.3, 0.4) is 0 Å². The number of hydrogen-bond acceptors (Lipinski definition) is 4. The first kappa shape index (κ1) is 13.9. The molecular formula is C13H13IN2O3. The van der Waals surface area contributed by atoms with E-state index in [2.05, 4.69) is 5.10 Å². The number of alkyl halides is 1. The summed E-state index contributed by atoms with van der Waals surface area (Å²) in [5, 5.41) is 13.8. The number of ketones is 1. The Kier molecular flexibility index (Phi) is 4.41. The fourth-order valence-corrected chi connectivity index (χ4v) is 2.03. The van der Waals surface area contributed by atoms with Crippen molar-refractivity contribution in [3.63, 3.8) is 0 Å². The average Bonchev–Trinajstić information content (AvgIpc) is 2.79. The Bertz CT molecular complexity index is 578. The Balaban J connectivity index is 2.16. The van der Waals surface area contributed by atoms with Gasteiger partial charge in [0.1, 0.15) is 5.75 Å². The van der Waals surface area contributed by atoms with E-state index in [0.29, 0.717) is 11.0 Å². The van der Waals surface area contributed by atoms with Gasteiger partial charge in [-0.1, -0.05) is 34.7 Å². The number of Topliss-reactive ketones (excluding diaryl/α,β-unsaturated/α-hetero) is 1. The minimum atomic E-state index is -0.174. The van der Waals surface area contributed by atoms with Gasteiger partial charge in [0, 0.05) is 0 Å². The molecule has 0 aliphatic rings. The number of aromatic nitrogens is 2. The molecule has 1 aromatic carbocycles. The van der Waals surface area contributed by atoms with Gasteiger partial charge in [0.25, 0.3) is 0 Å². The van der Waals surface area contributed by atoms with Crippen molar-refractivity contribution < 1.29 is 14.6 Å². The van der Waals surface area contributed by atoms with Crippen LogP contribution in [-0.2, 0) is 6.54 Å². The van der Waals surface area contributed by atoms with Crippen molar-refractivity contribution in [2.24, 2.45) is 0 Å². The largest absolute Gasteiger partial charge is 0.504 e. The molecule has 0 radical (unpaired) electrons. The lowest BCUT2D eigenvalue weighted by Crippen LogP contribution is -2.05. The number of benzene rings is 1. The zero-order valence-electron chi connectivity index (χ0n) is 10.3. The molecule has 1 heterocycles. The molecule has 6 heteroatoms. The van der Waals surface area contributed by atoms with Crippen LogP contribution >= 0.6 is 22.6 Å². The highest BCUT2D eigenvalue weighted by atomic mass is 127. The van der Waals surface area contributed by atoms with Crippen molar-refractivity contribution >= 4 is 28.4 Å². The van der Waals surface area contributed by atoms with Gasteiger partial charge < -0.3 is 9.84 Å². The molecule has 0 unspecified atom stereocenters. The van der Waals surface area contributed by atoms with Crippen LogP contribution in [0.2, 0.25) is 0 Å². The Hall–Kier alpha value is -1.57. The second kappa shape index (κ2) is 6.05. The third-order valence-corrected chi connectivity index (χ3v) is 3.32. The van der Waals surface area contributed by atoms with Gasteiger partial charge in [-0.25, -0.2) is 0 Å². The molecule has 0 aliphatic heterocycles. The number of ether oxygens (including phenoxy) is 1. The quantitative estimate of drug-likeness (QED) is 0.497. The second-order valence-electron chi connectivity index (χ2n) is 3.97. The minimum absolute atomic E-state index is 0.0739. The topological polar surface area (TPSA) is 64.3 Å². The fourth-order valence-electron chi connectivity index (χ4n) is 1.67. The minimum Gasteiger partial charge on any atom is -0.504 e. The first-order chi connectivity index (χ1) is 9.13. The molecule has 0 aliphatic carbocycles. The summed E-state index contributed by atoms with van der Waals surface area (Å²) in [6, 6.07) is 7.54. The molecule has 0 saturated heterocycles. The van der Waals surface area contributed by atoms with Crippen molar-refractivity contribution in [3.05, 3.63) is 41.7 Å². The van der Waals surface area contributed by atoms with Crippen LogP contribution in [0.25, 0.3) is 0 Å². The van der Waals surface area contributed by atoms with Gasteiger partial charge in [-0.3, -0.25) is 9.48 Å². The van der Waals surface area contributed by atoms with E-state index in [1.54, 1.807) is 11.8 Å². The zero-order chi connectivity index (χ0) is 13.8. The van der Waals surface area contributed by atoms with Crippen LogP contribution in [0.5, 0.6) is 11.5 Å². The van der Waals surface area contributed by atoms with Gasteiger partial charge in [-0.15, -0.1) is 0 Å². The summed E-state index contributed by atoms with van der Waals surface area (Å²) in [6.45, 7) is 0.492. The number of carbonyl (C=O) groups excluding carboxylic acids is 1. The molecule has 0 saturated carbocycles. The van der Waals surface area contributed by atoms with Gasteiger partial charge in [0.2, 0.25) is 0 Å². The summed E-state index contributed by atoms with van der Waals surface area (Å²) in [4.78, 5) is 11.5. The first-order valence-corrected chi connectivity index (χ1v) is 7.15. The maximum Gasteiger partial charge on any atom is 0.196 e. The van der Waals surface area contributed by atoms with E-state index >= 15 is 0 Å². The van der Waals surface area contributed by atoms with Crippen LogP contribution in [0, 0.1) is 0 Å². The molecule has 0 spiro atoms. The molecule has 1 N–H and O–H groups in total. The van der Waals surface area contributed by atoms with Crippen LogP contribution in [-0.4, -0.2) is 32.2 Å². The molecule has 0 atom stereocenters. The molecule has 5 nitrogen and oxygen atoms in total. The van der Waals surface area contributed by atoms with E-state index in [1.807, 2.05) is 46.9 Å². The summed E-state index contributed by atoms with van der Waals surface area (Å²) < 4.78 is 6.93. The number of carbonyl (C=O) groups is 1. The molecule has 0 bridgehead atoms. The van der Waals surface area contributed by atoms with E-state index in [1.165, 1.54) is 6.20 Å². The molecule has 2 aromatic rings. The molecule has 100 valence electrons. The zero-order valence-corrected chi connectivity index (χ0v) is 12.5. The van der Waals surface area contributed by atoms with Crippen molar-refractivity contribution in [2.45, 2.75) is 6.54 Å². The third kappa shape index (κ3) is 3.25. The van der Waals surface area contributed by atoms with Gasteiger partial charge >= 0.3 is 0 Å². The lowest BCUT2D eigenvalue weighted by Gasteiger charge is -2.03. The van der Waals surface area contributed by atoms with Crippen LogP contribution in [0.4, 0.5) is 0 Å². The first-order valence-electron chi connectivity index (χ1n) is 5.62. The smallest absolute Gasteiger partial charge is 0.196 e. The van der Waals surface area contributed by atoms with Gasteiger partial charge in [-0.05, 0) is 17.7 Å². The lowest BCUT2D eigenvalue weighted by atomic mass is 10.2. The number of halogens is 1. The predicted molar refractivity (Wildman–Crippen MR) is 79.2 cm³/mol. The molecule has 19 heavy (non-hydrogen) atoms. The number of methoxy groups -OCH3 is 1. The Morgan fingerprint density at radius 3 is 2.68 bits per heavy atom. The van der Waals surface area contributed by atoms with Crippen LogP contribution < -0.4 is 4.74 Å². The summed E-state index contributed by atoms with van der Waals surface area (Å²) >= 11 is 1.95. The van der Waals surface area contributed by atoms with E-state index in [9.17, 15) is 9.90 Å². The maximum absolute atomic E-state index is 11.5. The Morgan fingerprint density at radius 2 is 2.11 bits per heavy atom. The van der Waals surface area contributed by atoms with Crippen LogP contribution in [0.15, 0.2) is 30.5 Å². The third-order valence-electron chi connectivity index (χ3n) is 2.63. The molecule has 0 fully saturated rings. The van der Waals surface area contributed by atoms with Gasteiger partial charge in [-0.2, -0.15) is 5.10 Å². The normalized spacial score (nSPS) is 10.4. The number of hydrogen-bond donors (Lipinski definition) is 1. The van der Waals surface area contributed by atoms with Gasteiger partial charge in [0.05, 0.1) is 24.3 Å². The SMILES string of the molecule is COc1ccc(Cn2cc(O)c(C(=O)CI)n2)cc1. The highest BCUT2D eigenvalue weighted by Crippen LogP contribution is 2.18. The predicted octanol–water partition coefficient (Wildman–Crippen LogP) is 2.26. The summed E-state index contributed by atoms with van der Waals surface area (Å²) in [5.41, 5.74) is 1.14. The van der Waals surface area contributed by atoms with Crippen molar-refractivity contribution in [1.29, 1.82) is 0 Å².